The summed E-state index contributed by atoms with van der Waals surface area (Å²) in [5.41, 5.74) is 1.06. The van der Waals surface area contributed by atoms with Crippen molar-refractivity contribution in [3.8, 4) is 17.2 Å². The lowest BCUT2D eigenvalue weighted by Gasteiger charge is -2.43. The monoisotopic (exact) mass is 732 g/mol. The molecular weight excluding hydrogens is 685 g/mol. The molecule has 0 bridgehead atoms. The summed E-state index contributed by atoms with van der Waals surface area (Å²) in [5, 5.41) is 15.4. The second-order valence-corrected chi connectivity index (χ2v) is 23.9. The van der Waals surface area contributed by atoms with Crippen LogP contribution in [0, 0.1) is 0 Å². The van der Waals surface area contributed by atoms with E-state index >= 15 is 0 Å². The van der Waals surface area contributed by atoms with Crippen LogP contribution in [0.5, 0.6) is 17.2 Å². The number of carbonyl (C=O) groups is 1. The van der Waals surface area contributed by atoms with Crippen molar-refractivity contribution in [2.24, 2.45) is 0 Å². The lowest BCUT2D eigenvalue weighted by atomic mass is 10.1. The third-order valence-corrected chi connectivity index (χ3v) is 19.8. The Labute approximate surface area is 316 Å². The molecule has 6 rings (SSSR count). The second kappa shape index (κ2) is 15.3. The van der Waals surface area contributed by atoms with Crippen LogP contribution in [0.3, 0.4) is 0 Å². The molecule has 1 N–H and O–H groups in total. The van der Waals surface area contributed by atoms with Gasteiger partial charge in [-0.1, -0.05) is 181 Å². The average molecular weight is 733 g/mol. The van der Waals surface area contributed by atoms with Gasteiger partial charge in [0.1, 0.15) is 17.2 Å². The molecule has 268 valence electrons. The Balaban J connectivity index is 1.24. The Kier molecular flexibility index (Phi) is 10.8. The quantitative estimate of drug-likeness (QED) is 0.0821. The van der Waals surface area contributed by atoms with Crippen LogP contribution in [-0.4, -0.2) is 27.5 Å². The normalized spacial score (nSPS) is 12.4. The highest BCUT2D eigenvalue weighted by molar-refractivity contribution is 7.00. The van der Waals surface area contributed by atoms with Crippen molar-refractivity contribution in [1.82, 2.24) is 0 Å². The van der Waals surface area contributed by atoms with E-state index in [0.717, 1.165) is 21.7 Å². The molecule has 0 saturated heterocycles. The number of carbonyl (C=O) groups excluding carboxylic acids is 1. The summed E-state index contributed by atoms with van der Waals surface area (Å²) in [6.07, 6.45) is 3.26. The van der Waals surface area contributed by atoms with Crippen LogP contribution in [0.25, 0.3) is 6.08 Å². The minimum atomic E-state index is -2.90. The van der Waals surface area contributed by atoms with E-state index in [-0.39, 0.29) is 27.2 Å². The zero-order chi connectivity index (χ0) is 37.7. The van der Waals surface area contributed by atoms with Crippen LogP contribution >= 0.6 is 0 Å². The minimum absolute atomic E-state index is 0.121. The van der Waals surface area contributed by atoms with Gasteiger partial charge >= 0.3 is 16.6 Å². The van der Waals surface area contributed by atoms with Gasteiger partial charge in [-0.15, -0.1) is 0 Å². The van der Waals surface area contributed by atoms with Crippen molar-refractivity contribution in [1.29, 1.82) is 0 Å². The van der Waals surface area contributed by atoms with Gasteiger partial charge in [-0.2, -0.15) is 0 Å². The highest BCUT2D eigenvalue weighted by Crippen LogP contribution is 2.39. The SMILES string of the molecule is CC(C)(C)[Si](Oc1ccc(C=CC(=O)c2ccc(O[Si](c3ccccc3)(c3ccccc3)C(C)(C)C)cc2O)cc1)(c1ccccc1)c1ccccc1. The molecule has 0 spiro atoms. The van der Waals surface area contributed by atoms with Gasteiger partial charge in [0, 0.05) is 6.07 Å². The fraction of sp³-hybridized carbons (Fsp3) is 0.170. The number of benzene rings is 6. The van der Waals surface area contributed by atoms with Crippen LogP contribution in [-0.2, 0) is 0 Å². The predicted octanol–water partition coefficient (Wildman–Crippen LogP) is 9.17. The molecule has 0 saturated carbocycles. The van der Waals surface area contributed by atoms with E-state index < -0.39 is 16.6 Å². The van der Waals surface area contributed by atoms with Gasteiger partial charge in [-0.25, -0.2) is 0 Å². The van der Waals surface area contributed by atoms with Crippen LogP contribution in [0.4, 0.5) is 0 Å². The van der Waals surface area contributed by atoms with E-state index in [1.54, 1.807) is 24.3 Å². The van der Waals surface area contributed by atoms with E-state index in [9.17, 15) is 9.90 Å². The molecule has 0 aliphatic heterocycles. The molecule has 0 atom stereocenters. The van der Waals surface area contributed by atoms with Gasteiger partial charge in [0.05, 0.1) is 5.56 Å². The lowest BCUT2D eigenvalue weighted by Crippen LogP contribution is -2.68. The molecule has 0 aromatic heterocycles. The van der Waals surface area contributed by atoms with Crippen LogP contribution in [0.2, 0.25) is 10.1 Å². The summed E-state index contributed by atoms with van der Waals surface area (Å²) in [7, 11) is -5.68. The van der Waals surface area contributed by atoms with Crippen LogP contribution < -0.4 is 29.6 Å². The van der Waals surface area contributed by atoms with E-state index in [1.807, 2.05) is 72.8 Å². The first-order valence-electron chi connectivity index (χ1n) is 18.1. The molecule has 6 heteroatoms. The molecule has 6 aromatic carbocycles. The molecule has 0 aliphatic carbocycles. The maximum atomic E-state index is 13.4. The maximum absolute atomic E-state index is 13.4. The number of rotatable bonds is 11. The molecule has 0 heterocycles. The summed E-state index contributed by atoms with van der Waals surface area (Å²) in [5.74, 6) is 0.877. The third kappa shape index (κ3) is 7.56. The van der Waals surface area contributed by atoms with Gasteiger partial charge in [0.15, 0.2) is 5.78 Å². The van der Waals surface area contributed by atoms with Gasteiger partial charge in [0.25, 0.3) is 0 Å². The highest BCUT2D eigenvalue weighted by Gasteiger charge is 2.53. The molecule has 4 nitrogen and oxygen atoms in total. The van der Waals surface area contributed by atoms with Crippen molar-refractivity contribution >= 4 is 49.2 Å². The predicted molar refractivity (Wildman–Crippen MR) is 224 cm³/mol. The highest BCUT2D eigenvalue weighted by atomic mass is 28.4. The fourth-order valence-electron chi connectivity index (χ4n) is 7.34. The summed E-state index contributed by atoms with van der Waals surface area (Å²) in [6, 6.07) is 54.6. The number of hydrogen-bond donors (Lipinski definition) is 1. The van der Waals surface area contributed by atoms with Gasteiger partial charge in [-0.05, 0) is 66.7 Å². The number of allylic oxidation sites excluding steroid dienone is 1. The first-order valence-corrected chi connectivity index (χ1v) is 21.9. The van der Waals surface area contributed by atoms with Crippen molar-refractivity contribution in [2.45, 2.75) is 51.6 Å². The molecule has 0 fully saturated rings. The first kappa shape index (κ1) is 37.3. The molecular formula is C47H48O4Si2. The molecule has 0 unspecified atom stereocenters. The topological polar surface area (TPSA) is 55.8 Å². The zero-order valence-electron chi connectivity index (χ0n) is 31.4. The van der Waals surface area contributed by atoms with E-state index in [2.05, 4.69) is 114 Å². The van der Waals surface area contributed by atoms with E-state index in [1.165, 1.54) is 16.4 Å². The first-order chi connectivity index (χ1) is 25.3. The van der Waals surface area contributed by atoms with Crippen LogP contribution in [0.15, 0.2) is 170 Å². The minimum Gasteiger partial charge on any atom is -0.534 e. The molecule has 0 aliphatic rings. The van der Waals surface area contributed by atoms with Gasteiger partial charge in [0.2, 0.25) is 0 Å². The second-order valence-electron chi connectivity index (χ2n) is 15.5. The number of phenolic OH excluding ortho intramolecular Hbond substituents is 1. The zero-order valence-corrected chi connectivity index (χ0v) is 33.4. The molecule has 0 amide bonds. The van der Waals surface area contributed by atoms with Gasteiger partial charge < -0.3 is 14.0 Å². The Bertz CT molecular complexity index is 2070. The van der Waals surface area contributed by atoms with Crippen molar-refractivity contribution in [3.05, 3.63) is 181 Å². The van der Waals surface area contributed by atoms with Crippen LogP contribution in [0.1, 0.15) is 57.5 Å². The summed E-state index contributed by atoms with van der Waals surface area (Å²) in [6.45, 7) is 13.4. The largest absolute Gasteiger partial charge is 0.534 e. The van der Waals surface area contributed by atoms with Crippen molar-refractivity contribution in [3.63, 3.8) is 0 Å². The Hall–Kier alpha value is -5.44. The summed E-state index contributed by atoms with van der Waals surface area (Å²) >= 11 is 0. The van der Waals surface area contributed by atoms with Crippen molar-refractivity contribution in [2.75, 3.05) is 0 Å². The number of hydrogen-bond acceptors (Lipinski definition) is 4. The Morgan fingerprint density at radius 2 is 0.868 bits per heavy atom. The molecule has 6 aromatic rings. The molecule has 0 radical (unpaired) electrons. The standard InChI is InChI=1S/C47H48O4Si2/c1-46(2,3)52(39-19-11-7-12-20-39,40-21-13-8-14-22-40)50-37-30-27-36(28-31-37)29-34-44(48)43-33-32-38(35-45(43)49)51-53(47(4,5)6,41-23-15-9-16-24-41)42-25-17-10-18-26-42/h7-35,49H,1-6H3. The summed E-state index contributed by atoms with van der Waals surface area (Å²) in [4.78, 5) is 13.4. The smallest absolute Gasteiger partial charge is 0.319 e. The fourth-order valence-corrected chi connectivity index (χ4v) is 16.2. The Morgan fingerprint density at radius 1 is 0.509 bits per heavy atom. The maximum Gasteiger partial charge on any atom is 0.319 e. The number of phenols is 1. The van der Waals surface area contributed by atoms with Gasteiger partial charge in [-0.3, -0.25) is 4.79 Å². The number of ketones is 1. The van der Waals surface area contributed by atoms with E-state index in [0.29, 0.717) is 5.75 Å². The van der Waals surface area contributed by atoms with Crippen molar-refractivity contribution < 1.29 is 18.8 Å². The summed E-state index contributed by atoms with van der Waals surface area (Å²) < 4.78 is 14.2. The number of aromatic hydroxyl groups is 1. The Morgan fingerprint density at radius 3 is 1.23 bits per heavy atom. The lowest BCUT2D eigenvalue weighted by molar-refractivity contribution is 0.104. The van der Waals surface area contributed by atoms with E-state index in [4.69, 9.17) is 8.85 Å². The third-order valence-electron chi connectivity index (χ3n) is 9.92. The molecule has 53 heavy (non-hydrogen) atoms. The average Bonchev–Trinajstić information content (AvgIpc) is 3.16.